The molecule has 0 spiro atoms. The van der Waals surface area contributed by atoms with E-state index in [2.05, 4.69) is 12.2 Å². The van der Waals surface area contributed by atoms with Crippen molar-refractivity contribution in [2.75, 3.05) is 6.61 Å². The molecule has 0 amide bonds. The van der Waals surface area contributed by atoms with Crippen LogP contribution in [0.5, 0.6) is 0 Å². The highest BCUT2D eigenvalue weighted by molar-refractivity contribution is 4.98. The van der Waals surface area contributed by atoms with Crippen LogP contribution in [-0.4, -0.2) is 57.4 Å². The molecule has 0 aliphatic carbocycles. The van der Waals surface area contributed by atoms with Gasteiger partial charge in [0.1, 0.15) is 6.10 Å². The molecule has 1 fully saturated rings. The average molecular weight is 176 g/mol. The molecule has 5 nitrogen and oxygen atoms in total. The van der Waals surface area contributed by atoms with Crippen molar-refractivity contribution in [2.24, 2.45) is 0 Å². The van der Waals surface area contributed by atoms with Crippen LogP contribution in [0.1, 0.15) is 0 Å². The molecule has 0 bridgehead atoms. The molecular weight excluding hydrogens is 162 g/mol. The SMILES string of the molecule is [CH2][C@H]1N[C@H](CO)[C@@H](O)[C@@H](O)[C@H]1O. The van der Waals surface area contributed by atoms with Crippen LogP contribution < -0.4 is 5.32 Å². The fourth-order valence-electron chi connectivity index (χ4n) is 1.31. The van der Waals surface area contributed by atoms with Gasteiger partial charge in [0, 0.05) is 6.04 Å². The van der Waals surface area contributed by atoms with Crippen LogP contribution in [0.15, 0.2) is 0 Å². The molecule has 5 N–H and O–H groups in total. The number of aliphatic hydroxyl groups is 4. The van der Waals surface area contributed by atoms with Crippen molar-refractivity contribution in [1.82, 2.24) is 5.32 Å². The van der Waals surface area contributed by atoms with Crippen molar-refractivity contribution >= 4 is 0 Å². The first-order valence-corrected chi connectivity index (χ1v) is 3.82. The molecule has 12 heavy (non-hydrogen) atoms. The van der Waals surface area contributed by atoms with E-state index >= 15 is 0 Å². The highest BCUT2D eigenvalue weighted by Crippen LogP contribution is 2.14. The molecule has 0 unspecified atom stereocenters. The molecule has 0 saturated carbocycles. The summed E-state index contributed by atoms with van der Waals surface area (Å²) >= 11 is 0. The second-order valence-electron chi connectivity index (χ2n) is 3.03. The molecule has 1 rings (SSSR count). The zero-order chi connectivity index (χ0) is 9.30. The molecule has 0 aromatic rings. The Morgan fingerprint density at radius 1 is 1.08 bits per heavy atom. The number of hydrogen-bond acceptors (Lipinski definition) is 5. The maximum Gasteiger partial charge on any atom is 0.109 e. The first-order valence-electron chi connectivity index (χ1n) is 3.82. The normalized spacial score (nSPS) is 49.2. The van der Waals surface area contributed by atoms with Crippen LogP contribution >= 0.6 is 0 Å². The Morgan fingerprint density at radius 2 is 1.67 bits per heavy atom. The van der Waals surface area contributed by atoms with E-state index in [4.69, 9.17) is 5.11 Å². The first-order chi connectivity index (χ1) is 5.57. The lowest BCUT2D eigenvalue weighted by Gasteiger charge is -2.39. The molecule has 1 radical (unpaired) electrons. The average Bonchev–Trinajstić information content (AvgIpc) is 2.08. The molecule has 1 aliphatic heterocycles. The van der Waals surface area contributed by atoms with Gasteiger partial charge in [0.2, 0.25) is 0 Å². The van der Waals surface area contributed by atoms with E-state index in [0.29, 0.717) is 0 Å². The quantitative estimate of drug-likeness (QED) is 0.298. The molecule has 1 saturated heterocycles. The number of rotatable bonds is 1. The number of aliphatic hydroxyl groups excluding tert-OH is 4. The summed E-state index contributed by atoms with van der Waals surface area (Å²) in [6.07, 6.45) is -3.49. The van der Waals surface area contributed by atoms with Gasteiger partial charge in [-0.05, 0) is 6.92 Å². The van der Waals surface area contributed by atoms with Crippen molar-refractivity contribution in [3.05, 3.63) is 6.92 Å². The van der Waals surface area contributed by atoms with Crippen molar-refractivity contribution in [2.45, 2.75) is 30.4 Å². The zero-order valence-corrected chi connectivity index (χ0v) is 6.59. The Bertz CT molecular complexity index is 150. The van der Waals surface area contributed by atoms with E-state index in [1.54, 1.807) is 0 Å². The monoisotopic (exact) mass is 176 g/mol. The molecule has 5 atom stereocenters. The third-order valence-corrected chi connectivity index (χ3v) is 2.15. The summed E-state index contributed by atoms with van der Waals surface area (Å²) in [6.45, 7) is 3.22. The van der Waals surface area contributed by atoms with Crippen LogP contribution in [0.25, 0.3) is 0 Å². The summed E-state index contributed by atoms with van der Waals surface area (Å²) in [5.74, 6) is 0. The van der Waals surface area contributed by atoms with Gasteiger partial charge < -0.3 is 25.7 Å². The van der Waals surface area contributed by atoms with Gasteiger partial charge in [0.15, 0.2) is 0 Å². The molecular formula is C7H14NO4. The van der Waals surface area contributed by atoms with Crippen molar-refractivity contribution in [1.29, 1.82) is 0 Å². The van der Waals surface area contributed by atoms with Gasteiger partial charge in [-0.15, -0.1) is 0 Å². The zero-order valence-electron chi connectivity index (χ0n) is 6.59. The lowest BCUT2D eigenvalue weighted by atomic mass is 9.91. The standard InChI is InChI=1S/C7H14NO4/c1-3-5(10)7(12)6(11)4(2-9)8-3/h3-12H,1-2H2/t3-,4-,5+,6-,7+/m1/s1. The molecule has 5 heteroatoms. The predicted octanol–water partition coefficient (Wildman–Crippen LogP) is -2.76. The van der Waals surface area contributed by atoms with Crippen LogP contribution in [0.4, 0.5) is 0 Å². The summed E-state index contributed by atoms with van der Waals surface area (Å²) < 4.78 is 0. The smallest absolute Gasteiger partial charge is 0.109 e. The van der Waals surface area contributed by atoms with E-state index in [-0.39, 0.29) is 6.61 Å². The fraction of sp³-hybridized carbons (Fsp3) is 0.857. The first kappa shape index (κ1) is 9.88. The van der Waals surface area contributed by atoms with E-state index in [1.807, 2.05) is 0 Å². The minimum Gasteiger partial charge on any atom is -0.395 e. The third kappa shape index (κ3) is 1.60. The van der Waals surface area contributed by atoms with Gasteiger partial charge in [-0.2, -0.15) is 0 Å². The minimum absolute atomic E-state index is 0.295. The number of hydrogen-bond donors (Lipinski definition) is 5. The molecule has 1 heterocycles. The van der Waals surface area contributed by atoms with E-state index in [0.717, 1.165) is 0 Å². The van der Waals surface area contributed by atoms with Crippen LogP contribution in [0.2, 0.25) is 0 Å². The Balaban J connectivity index is 2.63. The highest BCUT2D eigenvalue weighted by atomic mass is 16.4. The van der Waals surface area contributed by atoms with Crippen molar-refractivity contribution in [3.8, 4) is 0 Å². The lowest BCUT2D eigenvalue weighted by molar-refractivity contribution is -0.112. The topological polar surface area (TPSA) is 93.0 Å². The van der Waals surface area contributed by atoms with Gasteiger partial charge in [0.25, 0.3) is 0 Å². The summed E-state index contributed by atoms with van der Waals surface area (Å²) in [5.41, 5.74) is 0. The van der Waals surface area contributed by atoms with Crippen LogP contribution in [0, 0.1) is 6.92 Å². The maximum absolute atomic E-state index is 9.27. The fourth-order valence-corrected chi connectivity index (χ4v) is 1.31. The van der Waals surface area contributed by atoms with Crippen LogP contribution in [0.3, 0.4) is 0 Å². The lowest BCUT2D eigenvalue weighted by Crippen LogP contribution is -2.65. The van der Waals surface area contributed by atoms with E-state index in [9.17, 15) is 15.3 Å². The second-order valence-corrected chi connectivity index (χ2v) is 3.03. The predicted molar refractivity (Wildman–Crippen MR) is 41.2 cm³/mol. The summed E-state index contributed by atoms with van der Waals surface area (Å²) in [4.78, 5) is 0. The number of nitrogens with one attached hydrogen (secondary N) is 1. The molecule has 1 aliphatic rings. The Labute approximate surface area is 70.6 Å². The Hall–Kier alpha value is -0.200. The second kappa shape index (κ2) is 3.68. The summed E-state index contributed by atoms with van der Waals surface area (Å²) in [7, 11) is 0. The molecule has 0 aromatic carbocycles. The Morgan fingerprint density at radius 3 is 2.17 bits per heavy atom. The van der Waals surface area contributed by atoms with Gasteiger partial charge in [0.05, 0.1) is 24.9 Å². The van der Waals surface area contributed by atoms with Gasteiger partial charge >= 0.3 is 0 Å². The van der Waals surface area contributed by atoms with E-state index in [1.165, 1.54) is 0 Å². The van der Waals surface area contributed by atoms with Gasteiger partial charge in [-0.1, -0.05) is 0 Å². The minimum atomic E-state index is -1.24. The number of piperidine rings is 1. The van der Waals surface area contributed by atoms with Gasteiger partial charge in [-0.3, -0.25) is 0 Å². The maximum atomic E-state index is 9.27. The molecule has 71 valence electrons. The highest BCUT2D eigenvalue weighted by Gasteiger charge is 2.39. The van der Waals surface area contributed by atoms with Crippen molar-refractivity contribution < 1.29 is 20.4 Å². The Kier molecular flexibility index (Phi) is 3.03. The third-order valence-electron chi connectivity index (χ3n) is 2.15. The summed E-state index contributed by atoms with van der Waals surface area (Å²) in [5, 5.41) is 39.1. The van der Waals surface area contributed by atoms with E-state index < -0.39 is 30.4 Å². The van der Waals surface area contributed by atoms with Crippen molar-refractivity contribution in [3.63, 3.8) is 0 Å². The largest absolute Gasteiger partial charge is 0.395 e. The molecule has 0 aromatic heterocycles. The van der Waals surface area contributed by atoms with Gasteiger partial charge in [-0.25, -0.2) is 0 Å². The summed E-state index contributed by atoms with van der Waals surface area (Å²) in [6, 6.07) is -1.19. The van der Waals surface area contributed by atoms with Crippen LogP contribution in [-0.2, 0) is 0 Å².